The third kappa shape index (κ3) is 2.39. The van der Waals surface area contributed by atoms with E-state index in [0.717, 1.165) is 19.3 Å². The van der Waals surface area contributed by atoms with Crippen molar-refractivity contribution in [1.82, 2.24) is 14.9 Å². The molecule has 0 bridgehead atoms. The molecule has 6 nitrogen and oxygen atoms in total. The Hall–Kier alpha value is -2.28. The van der Waals surface area contributed by atoms with E-state index in [1.807, 2.05) is 12.1 Å². The Balaban J connectivity index is 1.56. The van der Waals surface area contributed by atoms with Gasteiger partial charge >= 0.3 is 0 Å². The molecule has 1 saturated carbocycles. The maximum absolute atomic E-state index is 12.5. The molecule has 1 heterocycles. The van der Waals surface area contributed by atoms with E-state index < -0.39 is 15.9 Å². The van der Waals surface area contributed by atoms with Gasteiger partial charge in [0.05, 0.1) is 0 Å². The van der Waals surface area contributed by atoms with Gasteiger partial charge in [0.2, 0.25) is 5.91 Å². The Morgan fingerprint density at radius 1 is 1.21 bits per heavy atom. The zero-order valence-electron chi connectivity index (χ0n) is 13.0. The van der Waals surface area contributed by atoms with E-state index in [4.69, 9.17) is 0 Å². The van der Waals surface area contributed by atoms with Crippen molar-refractivity contribution in [3.63, 3.8) is 0 Å². The molecule has 2 aromatic rings. The van der Waals surface area contributed by atoms with Crippen LogP contribution in [0.4, 0.5) is 0 Å². The molecule has 1 spiro atoms. The number of amides is 1. The normalized spacial score (nSPS) is 25.1. The summed E-state index contributed by atoms with van der Waals surface area (Å²) < 4.78 is 26.7. The predicted octanol–water partition coefficient (Wildman–Crippen LogP) is 1.58. The molecule has 2 aliphatic rings. The summed E-state index contributed by atoms with van der Waals surface area (Å²) in [5.41, 5.74) is 2.28. The van der Waals surface area contributed by atoms with Crippen LogP contribution >= 0.6 is 0 Å². The smallest absolute Gasteiger partial charge is 0.274 e. The minimum absolute atomic E-state index is 0.198. The third-order valence-corrected chi connectivity index (χ3v) is 6.31. The number of carbonyl (C=O) groups excluding carboxylic acids is 1. The molecule has 1 aromatic heterocycles. The Morgan fingerprint density at radius 2 is 2.04 bits per heavy atom. The summed E-state index contributed by atoms with van der Waals surface area (Å²) in [4.78, 5) is 12.5. The topological polar surface area (TPSA) is 89.0 Å². The Kier molecular flexibility index (Phi) is 3.42. The van der Waals surface area contributed by atoms with Crippen molar-refractivity contribution >= 4 is 15.9 Å². The molecule has 1 aromatic carbocycles. The molecule has 1 N–H and O–H groups in total. The van der Waals surface area contributed by atoms with Gasteiger partial charge in [-0.25, -0.2) is 4.72 Å². The average Bonchev–Trinajstić information content (AvgIpc) is 3.31. The average molecular weight is 343 g/mol. The van der Waals surface area contributed by atoms with E-state index in [1.165, 1.54) is 29.5 Å². The summed E-state index contributed by atoms with van der Waals surface area (Å²) in [5.74, 6) is -0.747. The molecule has 1 amide bonds. The lowest BCUT2D eigenvalue weighted by molar-refractivity contribution is -0.121. The Morgan fingerprint density at radius 3 is 2.83 bits per heavy atom. The van der Waals surface area contributed by atoms with Crippen LogP contribution in [0.2, 0.25) is 0 Å². The predicted molar refractivity (Wildman–Crippen MR) is 86.5 cm³/mol. The SMILES string of the molecule is O=C(NS(=O)(=O)c1cccnn1)C1CC12CCCc1ccccc12. The van der Waals surface area contributed by atoms with Crippen LogP contribution in [0, 0.1) is 5.92 Å². The quantitative estimate of drug-likeness (QED) is 0.914. The number of nitrogens with one attached hydrogen (secondary N) is 1. The Bertz CT molecular complexity index is 898. The van der Waals surface area contributed by atoms with Crippen LogP contribution in [0.3, 0.4) is 0 Å². The maximum atomic E-state index is 12.5. The van der Waals surface area contributed by atoms with Crippen molar-refractivity contribution in [2.75, 3.05) is 0 Å². The molecule has 2 atom stereocenters. The number of hydrogen-bond acceptors (Lipinski definition) is 5. The first-order valence-electron chi connectivity index (χ1n) is 7.96. The van der Waals surface area contributed by atoms with E-state index in [1.54, 1.807) is 0 Å². The van der Waals surface area contributed by atoms with E-state index in [0.29, 0.717) is 6.42 Å². The number of fused-ring (bicyclic) bond motifs is 2. The lowest BCUT2D eigenvalue weighted by Crippen LogP contribution is -2.35. The van der Waals surface area contributed by atoms with Crippen molar-refractivity contribution in [3.05, 3.63) is 53.7 Å². The van der Waals surface area contributed by atoms with Crippen LogP contribution in [0.15, 0.2) is 47.6 Å². The highest BCUT2D eigenvalue weighted by Gasteiger charge is 2.60. The first kappa shape index (κ1) is 15.3. The Labute approximate surface area is 140 Å². The van der Waals surface area contributed by atoms with Gasteiger partial charge in [-0.3, -0.25) is 4.79 Å². The lowest BCUT2D eigenvalue weighted by atomic mass is 9.78. The van der Waals surface area contributed by atoms with Crippen molar-refractivity contribution in [2.45, 2.75) is 36.1 Å². The molecule has 0 saturated heterocycles. The van der Waals surface area contributed by atoms with Gasteiger partial charge in [-0.05, 0) is 48.9 Å². The second-order valence-corrected chi connectivity index (χ2v) is 8.08. The van der Waals surface area contributed by atoms with Crippen LogP contribution < -0.4 is 4.72 Å². The molecule has 2 aliphatic carbocycles. The van der Waals surface area contributed by atoms with E-state index in [9.17, 15) is 13.2 Å². The highest BCUT2D eigenvalue weighted by Crippen LogP contribution is 2.60. The van der Waals surface area contributed by atoms with Gasteiger partial charge in [0.15, 0.2) is 5.03 Å². The number of carbonyl (C=O) groups is 1. The van der Waals surface area contributed by atoms with Gasteiger partial charge in [-0.15, -0.1) is 5.10 Å². The van der Waals surface area contributed by atoms with E-state index in [-0.39, 0.29) is 16.4 Å². The fourth-order valence-corrected chi connectivity index (χ4v) is 4.79. The summed E-state index contributed by atoms with van der Waals surface area (Å²) in [6.45, 7) is 0. The molecule has 24 heavy (non-hydrogen) atoms. The number of aromatic nitrogens is 2. The zero-order valence-corrected chi connectivity index (χ0v) is 13.8. The number of aryl methyl sites for hydroxylation is 1. The molecule has 7 heteroatoms. The van der Waals surface area contributed by atoms with Crippen LogP contribution in [-0.4, -0.2) is 24.5 Å². The molecule has 4 rings (SSSR count). The van der Waals surface area contributed by atoms with Crippen molar-refractivity contribution < 1.29 is 13.2 Å². The molecule has 0 aliphatic heterocycles. The number of nitrogens with zero attached hydrogens (tertiary/aromatic N) is 2. The van der Waals surface area contributed by atoms with Crippen molar-refractivity contribution in [2.24, 2.45) is 5.92 Å². The maximum Gasteiger partial charge on any atom is 0.283 e. The summed E-state index contributed by atoms with van der Waals surface area (Å²) >= 11 is 0. The van der Waals surface area contributed by atoms with Gasteiger partial charge in [0, 0.05) is 17.5 Å². The highest BCUT2D eigenvalue weighted by atomic mass is 32.2. The number of hydrogen-bond donors (Lipinski definition) is 1. The first-order chi connectivity index (χ1) is 11.5. The lowest BCUT2D eigenvalue weighted by Gasteiger charge is -2.26. The molecule has 2 unspecified atom stereocenters. The van der Waals surface area contributed by atoms with E-state index in [2.05, 4.69) is 27.1 Å². The van der Waals surface area contributed by atoms with Crippen LogP contribution in [0.25, 0.3) is 0 Å². The summed E-state index contributed by atoms with van der Waals surface area (Å²) in [6, 6.07) is 10.9. The number of sulfonamides is 1. The molecule has 1 fully saturated rings. The number of benzene rings is 1. The highest BCUT2D eigenvalue weighted by molar-refractivity contribution is 7.90. The largest absolute Gasteiger partial charge is 0.283 e. The van der Waals surface area contributed by atoms with Crippen LogP contribution in [-0.2, 0) is 26.7 Å². The first-order valence-corrected chi connectivity index (χ1v) is 9.44. The molecule has 124 valence electrons. The van der Waals surface area contributed by atoms with Gasteiger partial charge in [-0.1, -0.05) is 24.3 Å². The fourth-order valence-electron chi connectivity index (χ4n) is 3.86. The summed E-state index contributed by atoms with van der Waals surface area (Å²) in [6.07, 6.45) is 5.05. The van der Waals surface area contributed by atoms with Crippen LogP contribution in [0.5, 0.6) is 0 Å². The minimum atomic E-state index is -3.97. The second kappa shape index (κ2) is 5.37. The van der Waals surface area contributed by atoms with Crippen LogP contribution in [0.1, 0.15) is 30.4 Å². The van der Waals surface area contributed by atoms with Gasteiger partial charge in [0.1, 0.15) is 0 Å². The molecular weight excluding hydrogens is 326 g/mol. The fraction of sp³-hybridized carbons (Fsp3) is 0.353. The third-order valence-electron chi connectivity index (χ3n) is 5.07. The summed E-state index contributed by atoms with van der Waals surface area (Å²) in [7, 11) is -3.97. The van der Waals surface area contributed by atoms with Gasteiger partial charge in [0.25, 0.3) is 10.0 Å². The second-order valence-electron chi connectivity index (χ2n) is 6.46. The molecular formula is C17H17N3O3S. The van der Waals surface area contributed by atoms with Crippen molar-refractivity contribution in [3.8, 4) is 0 Å². The number of rotatable bonds is 3. The standard InChI is InChI=1S/C17H17N3O3S/c21-16(20-24(22,23)15-8-4-10-18-19-15)14-11-17(14)9-3-6-12-5-1-2-7-13(12)17/h1-2,4-5,7-8,10,14H,3,6,9,11H2,(H,20,21). The van der Waals surface area contributed by atoms with Crippen molar-refractivity contribution in [1.29, 1.82) is 0 Å². The summed E-state index contributed by atoms with van der Waals surface area (Å²) in [5, 5.41) is 6.88. The zero-order chi connectivity index (χ0) is 16.8. The minimum Gasteiger partial charge on any atom is -0.274 e. The van der Waals surface area contributed by atoms with Gasteiger partial charge in [-0.2, -0.15) is 13.5 Å². The molecule has 0 radical (unpaired) electrons. The van der Waals surface area contributed by atoms with E-state index >= 15 is 0 Å². The van der Waals surface area contributed by atoms with Gasteiger partial charge < -0.3 is 0 Å². The monoisotopic (exact) mass is 343 g/mol.